The number of sulfone groups is 1. The first-order valence-electron chi connectivity index (χ1n) is 16.8. The maximum atomic E-state index is 14.6. The first-order chi connectivity index (χ1) is 23.9. The van der Waals surface area contributed by atoms with Crippen molar-refractivity contribution in [3.05, 3.63) is 94.0 Å². The van der Waals surface area contributed by atoms with E-state index in [0.29, 0.717) is 37.9 Å². The molecule has 1 amide bonds. The summed E-state index contributed by atoms with van der Waals surface area (Å²) in [6.07, 6.45) is -2.85. The summed E-state index contributed by atoms with van der Waals surface area (Å²) in [5.74, 6) is -0.715. The average Bonchev–Trinajstić information content (AvgIpc) is 3.11. The molecule has 266 valence electrons. The number of hydrogen-bond donors (Lipinski definition) is 1. The van der Waals surface area contributed by atoms with E-state index >= 15 is 0 Å². The van der Waals surface area contributed by atoms with E-state index in [1.54, 1.807) is 6.07 Å². The summed E-state index contributed by atoms with van der Waals surface area (Å²) in [6, 6.07) is 17.0. The molecule has 0 aliphatic carbocycles. The largest absolute Gasteiger partial charge is 0.416 e. The molecule has 0 unspecified atom stereocenters. The highest BCUT2D eigenvalue weighted by Gasteiger charge is 2.33. The minimum atomic E-state index is -4.60. The van der Waals surface area contributed by atoms with Crippen LogP contribution in [0.5, 0.6) is 0 Å². The molecule has 2 saturated heterocycles. The van der Waals surface area contributed by atoms with E-state index in [1.807, 2.05) is 37.3 Å². The van der Waals surface area contributed by atoms with Crippen molar-refractivity contribution in [2.24, 2.45) is 0 Å². The van der Waals surface area contributed by atoms with E-state index in [-0.39, 0.29) is 49.9 Å². The zero-order chi connectivity index (χ0) is 35.6. The Balaban J connectivity index is 1.52. The quantitative estimate of drug-likeness (QED) is 0.196. The second-order valence-corrected chi connectivity index (χ2v) is 15.5. The van der Waals surface area contributed by atoms with Gasteiger partial charge in [-0.05, 0) is 62.7 Å². The molecule has 0 saturated carbocycles. The molecule has 0 radical (unpaired) electrons. The van der Waals surface area contributed by atoms with Crippen LogP contribution in [0.25, 0.3) is 22.2 Å². The van der Waals surface area contributed by atoms with Gasteiger partial charge in [0.1, 0.15) is 0 Å². The van der Waals surface area contributed by atoms with E-state index in [1.165, 1.54) is 25.1 Å². The van der Waals surface area contributed by atoms with Crippen molar-refractivity contribution < 1.29 is 31.1 Å². The summed E-state index contributed by atoms with van der Waals surface area (Å²) < 4.78 is 73.8. The monoisotopic (exact) mass is 728 g/mol. The van der Waals surface area contributed by atoms with Crippen LogP contribution in [0.4, 0.5) is 13.2 Å². The standard InChI is InChI=1S/C37H40ClF3N4O4S/c1-3-50(47,48)33-21-29-32(22-31(33)38)43-35(26-10-7-11-27(20-26)37(39,40)41)30(34(29)36(46)42-24(2)25-8-5-4-6-9-25)23-44-14-12-28(13-15-44)45-16-18-49-19-17-45/h4-11,20-22,24,28H,3,12-19,23H2,1-2H3,(H,42,46)/t24-/m0/s1. The topological polar surface area (TPSA) is 91.8 Å². The van der Waals surface area contributed by atoms with E-state index < -0.39 is 33.5 Å². The summed E-state index contributed by atoms with van der Waals surface area (Å²) in [7, 11) is -3.81. The van der Waals surface area contributed by atoms with E-state index in [0.717, 1.165) is 43.6 Å². The van der Waals surface area contributed by atoms with Crippen LogP contribution < -0.4 is 5.32 Å². The highest BCUT2D eigenvalue weighted by molar-refractivity contribution is 7.91. The van der Waals surface area contributed by atoms with Gasteiger partial charge in [-0.1, -0.05) is 61.0 Å². The number of pyridine rings is 1. The third-order valence-electron chi connectivity index (χ3n) is 9.69. The fourth-order valence-electron chi connectivity index (χ4n) is 6.90. The summed E-state index contributed by atoms with van der Waals surface area (Å²) in [6.45, 7) is 8.08. The molecule has 1 aromatic heterocycles. The summed E-state index contributed by atoms with van der Waals surface area (Å²) >= 11 is 6.53. The third-order valence-corrected chi connectivity index (χ3v) is 11.9. The van der Waals surface area contributed by atoms with Crippen LogP contribution in [0, 0.1) is 0 Å². The number of benzene rings is 3. The maximum Gasteiger partial charge on any atom is 0.416 e. The van der Waals surface area contributed by atoms with Crippen molar-refractivity contribution >= 4 is 38.2 Å². The molecule has 13 heteroatoms. The van der Waals surface area contributed by atoms with Crippen LogP contribution in [0.15, 0.2) is 71.6 Å². The lowest BCUT2D eigenvalue weighted by Gasteiger charge is -2.40. The van der Waals surface area contributed by atoms with Crippen molar-refractivity contribution in [3.8, 4) is 11.3 Å². The Morgan fingerprint density at radius 1 is 1.02 bits per heavy atom. The number of fused-ring (bicyclic) bond motifs is 1. The highest BCUT2D eigenvalue weighted by atomic mass is 35.5. The van der Waals surface area contributed by atoms with Gasteiger partial charge in [0.05, 0.1) is 57.3 Å². The first-order valence-corrected chi connectivity index (χ1v) is 18.8. The molecule has 1 atom stereocenters. The number of rotatable bonds is 9. The van der Waals surface area contributed by atoms with E-state index in [9.17, 15) is 26.4 Å². The number of hydrogen-bond acceptors (Lipinski definition) is 7. The zero-order valence-corrected chi connectivity index (χ0v) is 29.5. The first kappa shape index (κ1) is 36.2. The molecule has 2 aliphatic heterocycles. The number of ether oxygens (including phenoxy) is 1. The highest BCUT2D eigenvalue weighted by Crippen LogP contribution is 2.38. The number of alkyl halides is 3. The van der Waals surface area contributed by atoms with E-state index in [4.69, 9.17) is 21.3 Å². The minimum absolute atomic E-state index is 0.0798. The Labute approximate surface area is 295 Å². The fourth-order valence-corrected chi connectivity index (χ4v) is 8.37. The predicted molar refractivity (Wildman–Crippen MR) is 188 cm³/mol. The van der Waals surface area contributed by atoms with Crippen molar-refractivity contribution in [2.45, 2.75) is 56.4 Å². The predicted octanol–water partition coefficient (Wildman–Crippen LogP) is 7.16. The smallest absolute Gasteiger partial charge is 0.379 e. The van der Waals surface area contributed by atoms with Gasteiger partial charge in [0.25, 0.3) is 5.91 Å². The van der Waals surface area contributed by atoms with Gasteiger partial charge in [0.15, 0.2) is 9.84 Å². The summed E-state index contributed by atoms with van der Waals surface area (Å²) in [5.41, 5.74) is 1.17. The van der Waals surface area contributed by atoms with Crippen LogP contribution in [-0.4, -0.2) is 80.3 Å². The molecule has 4 aromatic rings. The molecule has 3 heterocycles. The Hall–Kier alpha value is -3.55. The number of carbonyl (C=O) groups is 1. The van der Waals surface area contributed by atoms with Gasteiger partial charge in [-0.15, -0.1) is 0 Å². The van der Waals surface area contributed by atoms with Gasteiger partial charge < -0.3 is 10.1 Å². The third kappa shape index (κ3) is 7.84. The summed E-state index contributed by atoms with van der Waals surface area (Å²) in [5, 5.41) is 3.24. The molecule has 1 N–H and O–H groups in total. The molecular formula is C37H40ClF3N4O4S. The molecule has 0 bridgehead atoms. The number of nitrogens with zero attached hydrogens (tertiary/aromatic N) is 3. The number of amides is 1. The number of halogens is 4. The number of aromatic nitrogens is 1. The SMILES string of the molecule is CCS(=O)(=O)c1cc2c(C(=O)N[C@@H](C)c3ccccc3)c(CN3CCC(N4CCOCC4)CC3)c(-c3cccc(C(F)(F)F)c3)nc2cc1Cl. The molecular weight excluding hydrogens is 689 g/mol. The lowest BCUT2D eigenvalue weighted by atomic mass is 9.93. The molecule has 3 aromatic carbocycles. The normalized spacial score (nSPS) is 17.6. The van der Waals surface area contributed by atoms with Gasteiger partial charge >= 0.3 is 6.18 Å². The number of likely N-dealkylation sites (tertiary alicyclic amines) is 1. The van der Waals surface area contributed by atoms with Gasteiger partial charge in [0, 0.05) is 42.2 Å². The number of morpholine rings is 1. The van der Waals surface area contributed by atoms with Gasteiger partial charge in [-0.2, -0.15) is 13.2 Å². The van der Waals surface area contributed by atoms with Crippen molar-refractivity contribution in [3.63, 3.8) is 0 Å². The van der Waals surface area contributed by atoms with Crippen LogP contribution in [0.1, 0.15) is 59.8 Å². The Kier molecular flexibility index (Phi) is 10.9. The average molecular weight is 729 g/mol. The molecule has 50 heavy (non-hydrogen) atoms. The van der Waals surface area contributed by atoms with Crippen molar-refractivity contribution in [1.29, 1.82) is 0 Å². The van der Waals surface area contributed by atoms with Crippen LogP contribution in [0.2, 0.25) is 5.02 Å². The number of carbonyl (C=O) groups excluding carboxylic acids is 1. The molecule has 0 spiro atoms. The fraction of sp³-hybridized carbons (Fsp3) is 0.405. The van der Waals surface area contributed by atoms with E-state index in [2.05, 4.69) is 15.1 Å². The number of nitrogens with one attached hydrogen (secondary N) is 1. The Morgan fingerprint density at radius 2 is 1.72 bits per heavy atom. The second-order valence-electron chi connectivity index (χ2n) is 12.9. The van der Waals surface area contributed by atoms with Gasteiger partial charge in [-0.25, -0.2) is 13.4 Å². The van der Waals surface area contributed by atoms with Crippen molar-refractivity contribution in [2.75, 3.05) is 45.1 Å². The molecule has 6 rings (SSSR count). The Bertz CT molecular complexity index is 1960. The molecule has 2 aliphatic rings. The van der Waals surface area contributed by atoms with Crippen LogP contribution in [-0.2, 0) is 27.3 Å². The lowest BCUT2D eigenvalue weighted by molar-refractivity contribution is -0.137. The van der Waals surface area contributed by atoms with Crippen LogP contribution in [0.3, 0.4) is 0 Å². The molecule has 8 nitrogen and oxygen atoms in total. The Morgan fingerprint density at radius 3 is 2.38 bits per heavy atom. The summed E-state index contributed by atoms with van der Waals surface area (Å²) in [4.78, 5) is 23.9. The molecule has 2 fully saturated rings. The minimum Gasteiger partial charge on any atom is -0.379 e. The van der Waals surface area contributed by atoms with Gasteiger partial charge in [0.2, 0.25) is 0 Å². The second kappa shape index (κ2) is 15.0. The maximum absolute atomic E-state index is 14.6. The van der Waals surface area contributed by atoms with Crippen molar-refractivity contribution in [1.82, 2.24) is 20.1 Å². The zero-order valence-electron chi connectivity index (χ0n) is 28.0. The lowest BCUT2D eigenvalue weighted by Crippen LogP contribution is -2.48. The van der Waals surface area contributed by atoms with Crippen LogP contribution >= 0.6 is 11.6 Å². The van der Waals surface area contributed by atoms with Gasteiger partial charge in [-0.3, -0.25) is 14.6 Å². The number of piperidine rings is 1.